The number of carbonyl (C=O) groups excluding carboxylic acids is 1. The van der Waals surface area contributed by atoms with Gasteiger partial charge in [-0.3, -0.25) is 4.79 Å². The lowest BCUT2D eigenvalue weighted by Crippen LogP contribution is -2.42. The van der Waals surface area contributed by atoms with E-state index in [4.69, 9.17) is 4.52 Å². The second kappa shape index (κ2) is 6.17. The minimum absolute atomic E-state index is 0.120. The fourth-order valence-corrected chi connectivity index (χ4v) is 4.04. The van der Waals surface area contributed by atoms with Crippen LogP contribution >= 0.6 is 0 Å². The Bertz CT molecular complexity index is 595. The van der Waals surface area contributed by atoms with Gasteiger partial charge in [-0.25, -0.2) is 8.42 Å². The highest BCUT2D eigenvalue weighted by atomic mass is 32.2. The first-order valence-corrected chi connectivity index (χ1v) is 8.96. The van der Waals surface area contributed by atoms with Crippen molar-refractivity contribution in [2.75, 3.05) is 0 Å². The lowest BCUT2D eigenvalue weighted by molar-refractivity contribution is -0.121. The van der Waals surface area contributed by atoms with Crippen molar-refractivity contribution in [3.05, 3.63) is 17.0 Å². The van der Waals surface area contributed by atoms with Gasteiger partial charge in [0.15, 0.2) is 9.84 Å². The lowest BCUT2D eigenvalue weighted by Gasteiger charge is -2.17. The fraction of sp³-hybridized carbons (Fsp3) is 0.714. The maximum absolute atomic E-state index is 12.4. The van der Waals surface area contributed by atoms with E-state index in [0.717, 1.165) is 25.7 Å². The SMILES string of the molecule is Cc1noc(C)c1CS(=O)(=O)C(C)C(=O)NC1CCCC1. The van der Waals surface area contributed by atoms with Crippen molar-refractivity contribution in [1.82, 2.24) is 10.5 Å². The summed E-state index contributed by atoms with van der Waals surface area (Å²) in [7, 11) is -3.58. The maximum atomic E-state index is 12.4. The minimum atomic E-state index is -3.58. The van der Waals surface area contributed by atoms with Crippen molar-refractivity contribution >= 4 is 15.7 Å². The molecule has 0 spiro atoms. The van der Waals surface area contributed by atoms with Gasteiger partial charge >= 0.3 is 0 Å². The highest BCUT2D eigenvalue weighted by molar-refractivity contribution is 7.92. The van der Waals surface area contributed by atoms with E-state index in [-0.39, 0.29) is 11.8 Å². The van der Waals surface area contributed by atoms with Crippen molar-refractivity contribution in [2.24, 2.45) is 0 Å². The zero-order valence-corrected chi connectivity index (χ0v) is 13.5. The quantitative estimate of drug-likeness (QED) is 0.892. The molecular weight excluding hydrogens is 292 g/mol. The number of carbonyl (C=O) groups is 1. The van der Waals surface area contributed by atoms with E-state index in [9.17, 15) is 13.2 Å². The molecule has 1 aromatic rings. The second-order valence-corrected chi connectivity index (χ2v) is 8.06. The summed E-state index contributed by atoms with van der Waals surface area (Å²) in [6.45, 7) is 4.82. The summed E-state index contributed by atoms with van der Waals surface area (Å²) in [5.41, 5.74) is 1.11. The molecule has 0 saturated heterocycles. The van der Waals surface area contributed by atoms with E-state index in [2.05, 4.69) is 10.5 Å². The van der Waals surface area contributed by atoms with Crippen LogP contribution in [0.15, 0.2) is 4.52 Å². The van der Waals surface area contributed by atoms with Crippen LogP contribution in [0.25, 0.3) is 0 Å². The van der Waals surface area contributed by atoms with Gasteiger partial charge in [-0.2, -0.15) is 0 Å². The van der Waals surface area contributed by atoms with E-state index in [1.807, 2.05) is 0 Å². The molecule has 7 heteroatoms. The maximum Gasteiger partial charge on any atom is 0.238 e. The first-order valence-electron chi connectivity index (χ1n) is 7.25. The normalized spacial score (nSPS) is 17.9. The van der Waals surface area contributed by atoms with E-state index in [1.54, 1.807) is 13.8 Å². The first kappa shape index (κ1) is 16.0. The topological polar surface area (TPSA) is 89.3 Å². The highest BCUT2D eigenvalue weighted by Crippen LogP contribution is 2.20. The molecule has 1 aromatic heterocycles. The van der Waals surface area contributed by atoms with Gasteiger partial charge in [0.05, 0.1) is 11.4 Å². The van der Waals surface area contributed by atoms with Crippen LogP contribution in [-0.2, 0) is 20.4 Å². The number of nitrogens with one attached hydrogen (secondary N) is 1. The Hall–Kier alpha value is -1.37. The van der Waals surface area contributed by atoms with Gasteiger partial charge in [0.2, 0.25) is 5.91 Å². The van der Waals surface area contributed by atoms with Crippen LogP contribution in [0.5, 0.6) is 0 Å². The number of nitrogens with zero attached hydrogens (tertiary/aromatic N) is 1. The highest BCUT2D eigenvalue weighted by Gasteiger charge is 2.31. The minimum Gasteiger partial charge on any atom is -0.361 e. The third-order valence-corrected chi connectivity index (χ3v) is 6.12. The summed E-state index contributed by atoms with van der Waals surface area (Å²) < 4.78 is 29.7. The Morgan fingerprint density at radius 1 is 1.38 bits per heavy atom. The average Bonchev–Trinajstić information content (AvgIpc) is 3.03. The van der Waals surface area contributed by atoms with Crippen LogP contribution in [0.3, 0.4) is 0 Å². The van der Waals surface area contributed by atoms with Crippen LogP contribution < -0.4 is 5.32 Å². The molecule has 1 amide bonds. The van der Waals surface area contributed by atoms with Crippen molar-refractivity contribution in [2.45, 2.75) is 63.5 Å². The molecule has 1 aliphatic rings. The van der Waals surface area contributed by atoms with Crippen LogP contribution in [0, 0.1) is 13.8 Å². The van der Waals surface area contributed by atoms with Crippen LogP contribution in [0.1, 0.15) is 49.6 Å². The molecule has 1 unspecified atom stereocenters. The molecule has 1 heterocycles. The molecule has 2 rings (SSSR count). The smallest absolute Gasteiger partial charge is 0.238 e. The summed E-state index contributed by atoms with van der Waals surface area (Å²) in [4.78, 5) is 12.1. The van der Waals surface area contributed by atoms with E-state index in [1.165, 1.54) is 6.92 Å². The molecule has 0 bridgehead atoms. The van der Waals surface area contributed by atoms with Gasteiger partial charge in [0.1, 0.15) is 11.0 Å². The largest absolute Gasteiger partial charge is 0.361 e. The number of amides is 1. The zero-order valence-electron chi connectivity index (χ0n) is 12.7. The molecule has 6 nitrogen and oxygen atoms in total. The van der Waals surface area contributed by atoms with Gasteiger partial charge in [0.25, 0.3) is 0 Å². The number of rotatable bonds is 5. The molecule has 1 atom stereocenters. The van der Waals surface area contributed by atoms with Gasteiger partial charge in [-0.1, -0.05) is 18.0 Å². The van der Waals surface area contributed by atoms with Crippen molar-refractivity contribution in [3.8, 4) is 0 Å². The molecule has 1 N–H and O–H groups in total. The van der Waals surface area contributed by atoms with E-state index >= 15 is 0 Å². The van der Waals surface area contributed by atoms with Crippen LogP contribution in [0.2, 0.25) is 0 Å². The standard InChI is InChI=1S/C14H22N2O4S/c1-9-13(10(2)20-16-9)8-21(18,19)11(3)14(17)15-12-6-4-5-7-12/h11-12H,4-8H2,1-3H3,(H,15,17). The molecule has 1 aliphatic carbocycles. The first-order chi connectivity index (χ1) is 9.81. The summed E-state index contributed by atoms with van der Waals surface area (Å²) in [6, 6.07) is 0.120. The molecular formula is C14H22N2O4S. The molecule has 1 saturated carbocycles. The van der Waals surface area contributed by atoms with Crippen molar-refractivity contribution in [3.63, 3.8) is 0 Å². The van der Waals surface area contributed by atoms with Gasteiger partial charge in [-0.05, 0) is 33.6 Å². The number of aryl methyl sites for hydroxylation is 2. The van der Waals surface area contributed by atoms with Crippen LogP contribution in [-0.4, -0.2) is 30.8 Å². The van der Waals surface area contributed by atoms with E-state index in [0.29, 0.717) is 17.0 Å². The van der Waals surface area contributed by atoms with E-state index < -0.39 is 21.0 Å². The molecule has 1 fully saturated rings. The number of aromatic nitrogens is 1. The molecule has 0 aromatic carbocycles. The molecule has 0 aliphatic heterocycles. The summed E-state index contributed by atoms with van der Waals surface area (Å²) in [6.07, 6.45) is 4.04. The zero-order chi connectivity index (χ0) is 15.6. The van der Waals surface area contributed by atoms with Gasteiger partial charge < -0.3 is 9.84 Å². The molecule has 118 valence electrons. The van der Waals surface area contributed by atoms with Gasteiger partial charge in [0, 0.05) is 11.6 Å². The Kier molecular flexibility index (Phi) is 4.70. The van der Waals surface area contributed by atoms with Gasteiger partial charge in [-0.15, -0.1) is 0 Å². The molecule has 21 heavy (non-hydrogen) atoms. The average molecular weight is 314 g/mol. The summed E-state index contributed by atoms with van der Waals surface area (Å²) >= 11 is 0. The third kappa shape index (κ3) is 3.64. The predicted octanol–water partition coefficient (Wildman–Crippen LogP) is 1.65. The monoisotopic (exact) mass is 314 g/mol. The van der Waals surface area contributed by atoms with Crippen molar-refractivity contribution in [1.29, 1.82) is 0 Å². The Morgan fingerprint density at radius 2 is 2.00 bits per heavy atom. The molecule has 0 radical (unpaired) electrons. The Labute approximate surface area is 125 Å². The second-order valence-electron chi connectivity index (χ2n) is 5.74. The van der Waals surface area contributed by atoms with Crippen molar-refractivity contribution < 1.29 is 17.7 Å². The Balaban J connectivity index is 2.05. The van der Waals surface area contributed by atoms with Crippen LogP contribution in [0.4, 0.5) is 0 Å². The Morgan fingerprint density at radius 3 is 2.52 bits per heavy atom. The summed E-state index contributed by atoms with van der Waals surface area (Å²) in [5, 5.41) is 5.52. The fourth-order valence-electron chi connectivity index (χ4n) is 2.59. The predicted molar refractivity (Wildman–Crippen MR) is 78.5 cm³/mol. The third-order valence-electron chi connectivity index (χ3n) is 4.14. The number of hydrogen-bond donors (Lipinski definition) is 1. The number of sulfone groups is 1. The summed E-state index contributed by atoms with van der Waals surface area (Å²) in [5.74, 6) is -0.138. The number of hydrogen-bond acceptors (Lipinski definition) is 5. The lowest BCUT2D eigenvalue weighted by atomic mass is 10.2.